The molecule has 0 aromatic heterocycles. The maximum absolute atomic E-state index is 14.0. The minimum absolute atomic E-state index is 0.0338. The Bertz CT molecular complexity index is 1510. The highest BCUT2D eigenvalue weighted by molar-refractivity contribution is 7.80. The van der Waals surface area contributed by atoms with Crippen molar-refractivity contribution >= 4 is 22.3 Å². The van der Waals surface area contributed by atoms with E-state index in [4.69, 9.17) is 23.7 Å². The number of aliphatic hydroxyl groups is 6. The summed E-state index contributed by atoms with van der Waals surface area (Å²) >= 11 is 0. The molecule has 2 aliphatic rings. The van der Waals surface area contributed by atoms with Gasteiger partial charge in [0.25, 0.3) is 0 Å². The van der Waals surface area contributed by atoms with Crippen LogP contribution in [0.5, 0.6) is 0 Å². The second-order valence-corrected chi connectivity index (χ2v) is 22.7. The monoisotopic (exact) mass is 1070 g/mol. The second kappa shape index (κ2) is 39.8. The summed E-state index contributed by atoms with van der Waals surface area (Å²) in [5.41, 5.74) is 0. The average molecular weight is 1070 g/mol. The van der Waals surface area contributed by atoms with Crippen molar-refractivity contribution in [3.8, 4) is 0 Å². The van der Waals surface area contributed by atoms with Gasteiger partial charge in [-0.3, -0.25) is 14.1 Å². The predicted octanol–water partition coefficient (Wildman–Crippen LogP) is 9.32. The molecule has 0 amide bonds. The van der Waals surface area contributed by atoms with Crippen molar-refractivity contribution in [3.63, 3.8) is 0 Å². The first-order valence-electron chi connectivity index (χ1n) is 28.9. The Balaban J connectivity index is 2.05. The Morgan fingerprint density at radius 2 is 0.945 bits per heavy atom. The molecule has 0 bridgehead atoms. The van der Waals surface area contributed by atoms with Crippen molar-refractivity contribution in [1.29, 1.82) is 0 Å². The van der Waals surface area contributed by atoms with Gasteiger partial charge in [-0.15, -0.1) is 0 Å². The molecular weight excluding hydrogens is 965 g/mol. The molecule has 2 rings (SSSR count). The molecule has 73 heavy (non-hydrogen) atoms. The Morgan fingerprint density at radius 1 is 0.534 bits per heavy atom. The quantitative estimate of drug-likeness (QED) is 0.0170. The Labute approximate surface area is 440 Å². The molecule has 0 aliphatic carbocycles. The first-order chi connectivity index (χ1) is 35.0. The number of hydrogen-bond acceptors (Lipinski definition) is 16. The van der Waals surface area contributed by atoms with E-state index in [1.165, 1.54) is 128 Å². The molecule has 17 nitrogen and oxygen atoms in total. The van der Waals surface area contributed by atoms with Gasteiger partial charge in [0.05, 0.1) is 25.2 Å². The van der Waals surface area contributed by atoms with Gasteiger partial charge in [0.2, 0.25) is 6.29 Å². The molecule has 2 saturated heterocycles. The first-order valence-corrected chi connectivity index (χ1v) is 30.3. The van der Waals surface area contributed by atoms with Crippen molar-refractivity contribution in [3.05, 3.63) is 0 Å². The van der Waals surface area contributed by atoms with Crippen molar-refractivity contribution < 1.29 is 81.1 Å². The van der Waals surface area contributed by atoms with Crippen LogP contribution in [0.2, 0.25) is 0 Å². The zero-order valence-corrected chi connectivity index (χ0v) is 46.6. The summed E-state index contributed by atoms with van der Waals surface area (Å²) in [6, 6.07) is 0. The molecule has 14 unspecified atom stereocenters. The van der Waals surface area contributed by atoms with Crippen molar-refractivity contribution in [2.75, 3.05) is 13.2 Å². The normalized spacial score (nSPS) is 26.3. The number of carbonyl (C=O) groups excluding carboxylic acids is 2. The van der Waals surface area contributed by atoms with Crippen molar-refractivity contribution in [2.24, 2.45) is 17.8 Å². The number of unbranched alkanes of at least 4 members (excludes halogenated alkanes) is 26. The SMILES string of the molecule is CCCCCCCCCCCCCCCCCC(=O)OC1C(O)C(CO)OC(OC2OC(CO)C(O)C(O)C2OS(=O)(=O)O)C1OC(=O)C(C)CC(C)CC(C)C(O)CCCCCCCCCCCCCCC. The van der Waals surface area contributed by atoms with E-state index in [-0.39, 0.29) is 18.3 Å². The smallest absolute Gasteiger partial charge is 0.397 e. The molecule has 0 saturated carbocycles. The lowest BCUT2D eigenvalue weighted by molar-refractivity contribution is -0.374. The van der Waals surface area contributed by atoms with Gasteiger partial charge in [0.15, 0.2) is 24.6 Å². The van der Waals surface area contributed by atoms with Crippen LogP contribution in [0.4, 0.5) is 0 Å². The van der Waals surface area contributed by atoms with Crippen LogP contribution in [-0.2, 0) is 47.9 Å². The molecule has 2 aliphatic heterocycles. The minimum Gasteiger partial charge on any atom is -0.455 e. The van der Waals surface area contributed by atoms with Crippen LogP contribution < -0.4 is 0 Å². The molecule has 0 radical (unpaired) electrons. The van der Waals surface area contributed by atoms with Gasteiger partial charge >= 0.3 is 22.3 Å². The standard InChI is InChI=1S/C55H104O17S/c1-6-8-10-12-14-16-18-20-21-23-25-27-29-31-33-35-46(59)69-50-48(61)45(39-57)68-55(71-54-51(72-73(64,65)66)49(62)47(60)44(38-56)67-54)52(50)70-53(63)42(5)37-40(3)36-41(4)43(58)34-32-30-28-26-24-22-19-17-15-13-11-9-7-2/h40-45,47-52,54-58,60-62H,6-39H2,1-5H3,(H,64,65,66). The molecule has 14 atom stereocenters. The van der Waals surface area contributed by atoms with Crippen LogP contribution in [0.1, 0.15) is 240 Å². The zero-order chi connectivity index (χ0) is 54.0. The Morgan fingerprint density at radius 3 is 1.38 bits per heavy atom. The number of carbonyl (C=O) groups is 2. The Hall–Kier alpha value is -1.55. The summed E-state index contributed by atoms with van der Waals surface area (Å²) in [7, 11) is -5.32. The van der Waals surface area contributed by atoms with Crippen LogP contribution in [-0.4, -0.2) is 136 Å². The van der Waals surface area contributed by atoms with Gasteiger partial charge < -0.3 is 54.3 Å². The molecule has 0 aromatic rings. The van der Waals surface area contributed by atoms with Crippen LogP contribution in [0.25, 0.3) is 0 Å². The number of rotatable bonds is 44. The molecule has 2 heterocycles. The summed E-state index contributed by atoms with van der Waals surface area (Å²) in [6.45, 7) is 8.35. The number of esters is 2. The van der Waals surface area contributed by atoms with Crippen molar-refractivity contribution in [1.82, 2.24) is 0 Å². The van der Waals surface area contributed by atoms with E-state index in [2.05, 4.69) is 18.0 Å². The maximum atomic E-state index is 14.0. The predicted molar refractivity (Wildman–Crippen MR) is 279 cm³/mol. The van der Waals surface area contributed by atoms with E-state index < -0.39 is 109 Å². The topological polar surface area (TPSA) is 265 Å². The van der Waals surface area contributed by atoms with Crippen molar-refractivity contribution in [2.45, 2.75) is 308 Å². The van der Waals surface area contributed by atoms with Gasteiger partial charge in [-0.05, 0) is 37.5 Å². The van der Waals surface area contributed by atoms with E-state index >= 15 is 0 Å². The highest BCUT2D eigenvalue weighted by Gasteiger charge is 2.54. The zero-order valence-electron chi connectivity index (χ0n) is 45.7. The minimum atomic E-state index is -5.32. The van der Waals surface area contributed by atoms with E-state index in [0.717, 1.165) is 44.9 Å². The fourth-order valence-corrected chi connectivity index (χ4v) is 10.8. The number of aliphatic hydroxyl groups excluding tert-OH is 6. The van der Waals surface area contributed by atoms with Gasteiger partial charge in [0.1, 0.15) is 30.5 Å². The lowest BCUT2D eigenvalue weighted by Gasteiger charge is -2.46. The molecular formula is C55H104O17S. The maximum Gasteiger partial charge on any atom is 0.397 e. The lowest BCUT2D eigenvalue weighted by Crippen LogP contribution is -2.65. The molecule has 432 valence electrons. The van der Waals surface area contributed by atoms with Crippen LogP contribution in [0.3, 0.4) is 0 Å². The van der Waals surface area contributed by atoms with Gasteiger partial charge in [-0.2, -0.15) is 8.42 Å². The number of ether oxygens (including phenoxy) is 5. The summed E-state index contributed by atoms with van der Waals surface area (Å²) in [5, 5.41) is 64.0. The third-order valence-corrected chi connectivity index (χ3v) is 15.3. The van der Waals surface area contributed by atoms with Crippen LogP contribution in [0, 0.1) is 17.8 Å². The Kier molecular flexibility index (Phi) is 36.8. The van der Waals surface area contributed by atoms with E-state index in [1.54, 1.807) is 6.92 Å². The highest BCUT2D eigenvalue weighted by atomic mass is 32.3. The summed E-state index contributed by atoms with van der Waals surface area (Å²) in [5.74, 6) is -2.39. The third-order valence-electron chi connectivity index (χ3n) is 14.8. The largest absolute Gasteiger partial charge is 0.455 e. The molecule has 0 spiro atoms. The van der Waals surface area contributed by atoms with Gasteiger partial charge in [0, 0.05) is 6.42 Å². The summed E-state index contributed by atoms with van der Waals surface area (Å²) in [6.07, 6.45) is 15.9. The first kappa shape index (κ1) is 67.6. The van der Waals surface area contributed by atoms with E-state index in [1.807, 2.05) is 13.8 Å². The molecule has 7 N–H and O–H groups in total. The van der Waals surface area contributed by atoms with Crippen LogP contribution >= 0.6 is 0 Å². The summed E-state index contributed by atoms with van der Waals surface area (Å²) < 4.78 is 67.0. The summed E-state index contributed by atoms with van der Waals surface area (Å²) in [4.78, 5) is 27.4. The second-order valence-electron chi connectivity index (χ2n) is 21.7. The van der Waals surface area contributed by atoms with Gasteiger partial charge in [-0.1, -0.05) is 208 Å². The van der Waals surface area contributed by atoms with Crippen LogP contribution in [0.15, 0.2) is 0 Å². The third kappa shape index (κ3) is 28.6. The lowest BCUT2D eigenvalue weighted by atomic mass is 9.86. The fraction of sp³-hybridized carbons (Fsp3) is 0.964. The fourth-order valence-electron chi connectivity index (χ4n) is 10.3. The number of hydrogen-bond donors (Lipinski definition) is 7. The van der Waals surface area contributed by atoms with E-state index in [0.29, 0.717) is 25.7 Å². The highest BCUT2D eigenvalue weighted by Crippen LogP contribution is 2.34. The van der Waals surface area contributed by atoms with E-state index in [9.17, 15) is 53.2 Å². The molecule has 2 fully saturated rings. The molecule has 0 aromatic carbocycles. The molecule has 18 heteroatoms. The average Bonchev–Trinajstić information content (AvgIpc) is 3.35. The van der Waals surface area contributed by atoms with Gasteiger partial charge in [-0.25, -0.2) is 4.18 Å².